The van der Waals surface area contributed by atoms with Gasteiger partial charge in [-0.2, -0.15) is 10.2 Å². The molecule has 0 aromatic heterocycles. The quantitative estimate of drug-likeness (QED) is 0.593. The van der Waals surface area contributed by atoms with E-state index < -0.39 is 0 Å². The molecule has 0 unspecified atom stereocenters. The van der Waals surface area contributed by atoms with Crippen LogP contribution in [0.3, 0.4) is 0 Å². The number of rotatable bonds is 0. The highest BCUT2D eigenvalue weighted by Gasteiger charge is 2.14. The molecule has 0 spiro atoms. The maximum Gasteiger partial charge on any atom is 0.245 e. The first kappa shape index (κ1) is 8.35. The standard InChI is InChI=1S/C3HN5.C3H4N2O/c1-2-3(6-4-1)7-8-5-2;6-3-1-2-4-5-3/h1H;2H,1H2,(H,5,6). The van der Waals surface area contributed by atoms with E-state index in [0.717, 1.165) is 0 Å². The predicted molar refractivity (Wildman–Crippen MR) is 46.5 cm³/mol. The van der Waals surface area contributed by atoms with Crippen LogP contribution in [-0.2, 0) is 4.79 Å². The topological polar surface area (TPSA) is 103 Å². The average Bonchev–Trinajstić information content (AvgIpc) is 2.77. The van der Waals surface area contributed by atoms with Gasteiger partial charge in [0.2, 0.25) is 11.7 Å². The van der Waals surface area contributed by atoms with Crippen molar-refractivity contribution in [3.8, 4) is 0 Å². The summed E-state index contributed by atoms with van der Waals surface area (Å²) in [6.45, 7) is 0. The highest BCUT2D eigenvalue weighted by atomic mass is 16.2. The summed E-state index contributed by atoms with van der Waals surface area (Å²) in [7, 11) is 0. The van der Waals surface area contributed by atoms with Gasteiger partial charge in [-0.05, 0) is 5.22 Å². The molecule has 8 heteroatoms. The second kappa shape index (κ2) is 3.64. The molecule has 1 amide bonds. The van der Waals surface area contributed by atoms with Crippen molar-refractivity contribution in [1.29, 1.82) is 0 Å². The first-order valence-corrected chi connectivity index (χ1v) is 3.77. The van der Waals surface area contributed by atoms with Crippen molar-refractivity contribution >= 4 is 18.0 Å². The van der Waals surface area contributed by atoms with Crippen molar-refractivity contribution in [3.05, 3.63) is 11.9 Å². The van der Waals surface area contributed by atoms with E-state index in [1.165, 1.54) is 6.20 Å². The van der Waals surface area contributed by atoms with Crippen LogP contribution in [-0.4, -0.2) is 18.0 Å². The summed E-state index contributed by atoms with van der Waals surface area (Å²) in [4.78, 5) is 10.0. The Hall–Kier alpha value is -2.25. The van der Waals surface area contributed by atoms with Crippen LogP contribution in [0, 0.1) is 0 Å². The number of carbonyl (C=O) groups is 1. The molecule has 0 saturated carbocycles. The molecule has 8 nitrogen and oxygen atoms in total. The molecule has 14 heavy (non-hydrogen) atoms. The van der Waals surface area contributed by atoms with E-state index in [1.54, 1.807) is 6.21 Å². The zero-order valence-electron chi connectivity index (χ0n) is 6.95. The van der Waals surface area contributed by atoms with E-state index in [1.807, 2.05) is 0 Å². The molecule has 1 N–H and O–H groups in total. The molecule has 70 valence electrons. The Balaban J connectivity index is 0.000000112. The molecule has 0 aromatic carbocycles. The molecule has 0 aromatic rings. The first-order valence-electron chi connectivity index (χ1n) is 3.77. The smallest absolute Gasteiger partial charge is 0.245 e. The normalized spacial score (nSPS) is 19.9. The van der Waals surface area contributed by atoms with Crippen molar-refractivity contribution in [2.45, 2.75) is 6.42 Å². The average molecular weight is 191 g/mol. The Morgan fingerprint density at radius 3 is 2.86 bits per heavy atom. The predicted octanol–water partition coefficient (Wildman–Crippen LogP) is 0.565. The lowest BCUT2D eigenvalue weighted by molar-refractivity contribution is -0.119. The Kier molecular flexibility index (Phi) is 2.17. The molecule has 3 aliphatic heterocycles. The van der Waals surface area contributed by atoms with Crippen molar-refractivity contribution < 1.29 is 4.79 Å². The number of nitrogens with zero attached hydrogens (tertiary/aromatic N) is 6. The maximum absolute atomic E-state index is 10.0. The molecule has 0 atom stereocenters. The maximum atomic E-state index is 10.0. The second-order valence-corrected chi connectivity index (χ2v) is 2.39. The van der Waals surface area contributed by atoms with E-state index in [4.69, 9.17) is 0 Å². The molecular weight excluding hydrogens is 186 g/mol. The summed E-state index contributed by atoms with van der Waals surface area (Å²) in [6.07, 6.45) is 3.51. The van der Waals surface area contributed by atoms with Crippen LogP contribution in [0.2, 0.25) is 0 Å². The zero-order valence-corrected chi connectivity index (χ0v) is 6.95. The Morgan fingerprint density at radius 2 is 2.29 bits per heavy atom. The summed E-state index contributed by atoms with van der Waals surface area (Å²) < 4.78 is 0. The fourth-order valence-electron chi connectivity index (χ4n) is 0.794. The van der Waals surface area contributed by atoms with Crippen LogP contribution in [0.25, 0.3) is 0 Å². The fourth-order valence-corrected chi connectivity index (χ4v) is 0.794. The summed E-state index contributed by atoms with van der Waals surface area (Å²) in [5, 5.41) is 21.1. The van der Waals surface area contributed by atoms with Crippen LogP contribution >= 0.6 is 0 Å². The zero-order chi connectivity index (χ0) is 9.80. The van der Waals surface area contributed by atoms with E-state index in [-0.39, 0.29) is 5.91 Å². The van der Waals surface area contributed by atoms with E-state index >= 15 is 0 Å². The number of nitrogens with one attached hydrogen (secondary N) is 1. The molecule has 0 aliphatic carbocycles. The molecular formula is C6H5N7O. The Labute approximate surface area is 78.2 Å². The number of hydrogen-bond donors (Lipinski definition) is 1. The second-order valence-electron chi connectivity index (χ2n) is 2.39. The van der Waals surface area contributed by atoms with Crippen LogP contribution < -0.4 is 5.43 Å². The van der Waals surface area contributed by atoms with E-state index in [9.17, 15) is 4.79 Å². The first-order chi connectivity index (χ1) is 6.86. The van der Waals surface area contributed by atoms with Gasteiger partial charge in [0.05, 0.1) is 12.6 Å². The third kappa shape index (κ3) is 1.73. The highest BCUT2D eigenvalue weighted by Crippen LogP contribution is 2.15. The van der Waals surface area contributed by atoms with Gasteiger partial charge in [0.25, 0.3) is 0 Å². The van der Waals surface area contributed by atoms with Crippen LogP contribution in [0.15, 0.2) is 42.7 Å². The van der Waals surface area contributed by atoms with E-state index in [2.05, 4.69) is 36.2 Å². The molecule has 0 saturated heterocycles. The van der Waals surface area contributed by atoms with Gasteiger partial charge in [-0.1, -0.05) is 0 Å². The SMILES string of the molecule is C1=C2N=NN=C2N=N1.O=C1CC=NN1. The lowest BCUT2D eigenvalue weighted by Crippen LogP contribution is -2.08. The van der Waals surface area contributed by atoms with Crippen molar-refractivity contribution in [2.24, 2.45) is 30.8 Å². The molecule has 3 heterocycles. The van der Waals surface area contributed by atoms with Crippen molar-refractivity contribution in [1.82, 2.24) is 5.43 Å². The third-order valence-electron chi connectivity index (χ3n) is 1.41. The highest BCUT2D eigenvalue weighted by molar-refractivity contribution is 6.00. The lowest BCUT2D eigenvalue weighted by Gasteiger charge is -1.77. The van der Waals surface area contributed by atoms with Gasteiger partial charge in [-0.15, -0.1) is 15.3 Å². The van der Waals surface area contributed by atoms with Gasteiger partial charge in [-0.3, -0.25) is 4.79 Å². The van der Waals surface area contributed by atoms with Gasteiger partial charge in [0.15, 0.2) is 5.70 Å². The van der Waals surface area contributed by atoms with E-state index in [0.29, 0.717) is 18.0 Å². The molecule has 0 bridgehead atoms. The van der Waals surface area contributed by atoms with Gasteiger partial charge in [0, 0.05) is 6.21 Å². The van der Waals surface area contributed by atoms with Crippen LogP contribution in [0.5, 0.6) is 0 Å². The number of fused-ring (bicyclic) bond motifs is 1. The number of hydrazone groups is 1. The third-order valence-corrected chi connectivity index (χ3v) is 1.41. The molecule has 0 fully saturated rings. The number of hydrogen-bond acceptors (Lipinski definition) is 7. The van der Waals surface area contributed by atoms with Crippen LogP contribution in [0.1, 0.15) is 6.42 Å². The Bertz CT molecular complexity index is 366. The summed E-state index contributed by atoms with van der Waals surface area (Å²) in [6, 6.07) is 0. The van der Waals surface area contributed by atoms with Gasteiger partial charge >= 0.3 is 0 Å². The van der Waals surface area contributed by atoms with Crippen molar-refractivity contribution in [2.75, 3.05) is 0 Å². The number of azo groups is 1. The minimum atomic E-state index is -0.0185. The van der Waals surface area contributed by atoms with Crippen LogP contribution in [0.4, 0.5) is 0 Å². The number of amides is 1. The molecule has 0 radical (unpaired) electrons. The largest absolute Gasteiger partial charge is 0.273 e. The van der Waals surface area contributed by atoms with Gasteiger partial charge in [-0.25, -0.2) is 5.43 Å². The summed E-state index contributed by atoms with van der Waals surface area (Å²) in [5.74, 6) is 0.500. The summed E-state index contributed by atoms with van der Waals surface area (Å²) in [5.41, 5.74) is 2.91. The lowest BCUT2D eigenvalue weighted by atomic mass is 10.5. The number of amidine groups is 1. The minimum absolute atomic E-state index is 0.0185. The monoisotopic (exact) mass is 191 g/mol. The fraction of sp³-hybridized carbons (Fsp3) is 0.167. The van der Waals surface area contributed by atoms with Gasteiger partial charge < -0.3 is 0 Å². The van der Waals surface area contributed by atoms with Crippen molar-refractivity contribution in [3.63, 3.8) is 0 Å². The molecule has 3 rings (SSSR count). The summed E-state index contributed by atoms with van der Waals surface area (Å²) >= 11 is 0. The Morgan fingerprint density at radius 1 is 1.36 bits per heavy atom. The number of carbonyl (C=O) groups excluding carboxylic acids is 1. The molecule has 3 aliphatic rings. The van der Waals surface area contributed by atoms with Gasteiger partial charge in [0.1, 0.15) is 0 Å². The minimum Gasteiger partial charge on any atom is -0.273 e.